The van der Waals surface area contributed by atoms with E-state index in [9.17, 15) is 14.7 Å². The van der Waals surface area contributed by atoms with Gasteiger partial charge in [-0.3, -0.25) is 9.59 Å². The smallest absolute Gasteiger partial charge is 0.228 e. The standard InChI is InChI=1S/C35H48N4O4/c1-24-19-39(25(2)23-40)35(42)18-27-16-29(36-34(41)17-28-21-38(4)31-13-9-8-12-30(28)31)14-15-32(27)43-33(24)22-37(3)20-26-10-6-5-7-11-26/h8-9,12-16,21,24-26,33,40H,5-7,10-11,17-20,22-23H2,1-4H3,(H,36,41)/t24-,25+,33+/m1/s1. The van der Waals surface area contributed by atoms with E-state index >= 15 is 0 Å². The van der Waals surface area contributed by atoms with Crippen molar-refractivity contribution < 1.29 is 19.4 Å². The number of benzene rings is 2. The average molecular weight is 589 g/mol. The third kappa shape index (κ3) is 7.60. The Labute approximate surface area is 256 Å². The van der Waals surface area contributed by atoms with E-state index in [0.717, 1.165) is 41.0 Å². The molecule has 1 aromatic heterocycles. The first kappa shape index (κ1) is 31.1. The minimum Gasteiger partial charge on any atom is -0.488 e. The Bertz CT molecular complexity index is 1410. The Kier molecular flexibility index (Phi) is 10.1. The molecule has 1 aliphatic carbocycles. The zero-order chi connectivity index (χ0) is 30.5. The van der Waals surface area contributed by atoms with E-state index in [0.29, 0.717) is 18.0 Å². The largest absolute Gasteiger partial charge is 0.488 e. The molecule has 2 amide bonds. The van der Waals surface area contributed by atoms with Crippen molar-refractivity contribution in [3.8, 4) is 5.75 Å². The van der Waals surface area contributed by atoms with E-state index < -0.39 is 0 Å². The van der Waals surface area contributed by atoms with Gasteiger partial charge in [-0.25, -0.2) is 0 Å². The van der Waals surface area contributed by atoms with Crippen LogP contribution in [-0.4, -0.2) is 76.7 Å². The van der Waals surface area contributed by atoms with E-state index in [1.807, 2.05) is 67.2 Å². The molecule has 1 aliphatic heterocycles. The molecule has 0 saturated heterocycles. The van der Waals surface area contributed by atoms with Gasteiger partial charge in [0, 0.05) is 61.0 Å². The summed E-state index contributed by atoms with van der Waals surface area (Å²) in [5.41, 5.74) is 3.45. The molecule has 43 heavy (non-hydrogen) atoms. The Hall–Kier alpha value is -3.36. The second-order valence-electron chi connectivity index (χ2n) is 12.9. The fourth-order valence-electron chi connectivity index (χ4n) is 6.86. The van der Waals surface area contributed by atoms with Crippen molar-refractivity contribution >= 4 is 28.4 Å². The van der Waals surface area contributed by atoms with Crippen molar-refractivity contribution in [3.63, 3.8) is 0 Å². The predicted octanol–water partition coefficient (Wildman–Crippen LogP) is 5.02. The van der Waals surface area contributed by atoms with Crippen LogP contribution in [0.3, 0.4) is 0 Å². The molecule has 2 aromatic carbocycles. The second kappa shape index (κ2) is 14.0. The number of aliphatic hydroxyl groups excluding tert-OH is 1. The van der Waals surface area contributed by atoms with Crippen molar-refractivity contribution in [1.82, 2.24) is 14.4 Å². The lowest BCUT2D eigenvalue weighted by Gasteiger charge is -2.35. The van der Waals surface area contributed by atoms with E-state index in [-0.39, 0.29) is 49.3 Å². The number of rotatable bonds is 9. The molecule has 1 saturated carbocycles. The quantitative estimate of drug-likeness (QED) is 0.367. The SMILES string of the molecule is C[C@@H]1CN([C@@H](C)CO)C(=O)Cc2cc(NC(=O)Cc3cn(C)c4ccccc34)ccc2O[C@H]1CN(C)CC1CCCCC1. The molecule has 8 heteroatoms. The number of anilines is 1. The number of para-hydroxylation sites is 1. The van der Waals surface area contributed by atoms with Crippen LogP contribution in [0.15, 0.2) is 48.7 Å². The maximum Gasteiger partial charge on any atom is 0.228 e. The van der Waals surface area contributed by atoms with Gasteiger partial charge in [0.25, 0.3) is 0 Å². The molecule has 8 nitrogen and oxygen atoms in total. The van der Waals surface area contributed by atoms with Crippen LogP contribution in [0.4, 0.5) is 5.69 Å². The highest BCUT2D eigenvalue weighted by molar-refractivity contribution is 5.96. The van der Waals surface area contributed by atoms with Gasteiger partial charge in [-0.15, -0.1) is 0 Å². The molecule has 0 unspecified atom stereocenters. The zero-order valence-electron chi connectivity index (χ0n) is 26.2. The molecule has 5 rings (SSSR count). The third-order valence-corrected chi connectivity index (χ3v) is 9.32. The minimum atomic E-state index is -0.291. The summed E-state index contributed by atoms with van der Waals surface area (Å²) in [5.74, 6) is 1.32. The molecule has 3 atom stereocenters. The van der Waals surface area contributed by atoms with Crippen LogP contribution in [0, 0.1) is 11.8 Å². The number of amides is 2. The van der Waals surface area contributed by atoms with Gasteiger partial charge >= 0.3 is 0 Å². The van der Waals surface area contributed by atoms with E-state index in [2.05, 4.69) is 24.2 Å². The molecule has 2 aliphatic rings. The highest BCUT2D eigenvalue weighted by Gasteiger charge is 2.31. The molecule has 3 aromatic rings. The lowest BCUT2D eigenvalue weighted by Crippen LogP contribution is -2.48. The van der Waals surface area contributed by atoms with Gasteiger partial charge in [0.2, 0.25) is 11.8 Å². The predicted molar refractivity (Wildman–Crippen MR) is 171 cm³/mol. The van der Waals surface area contributed by atoms with Gasteiger partial charge in [0.1, 0.15) is 11.9 Å². The number of ether oxygens (including phenoxy) is 1. The summed E-state index contributed by atoms with van der Waals surface area (Å²) in [6, 6.07) is 13.4. The van der Waals surface area contributed by atoms with Crippen molar-refractivity contribution in [2.24, 2.45) is 18.9 Å². The molecular weight excluding hydrogens is 540 g/mol. The Balaban J connectivity index is 1.35. The zero-order valence-corrected chi connectivity index (χ0v) is 26.2. The summed E-state index contributed by atoms with van der Waals surface area (Å²) in [7, 11) is 4.16. The number of aliphatic hydroxyl groups is 1. The van der Waals surface area contributed by atoms with Crippen molar-refractivity contribution in [3.05, 3.63) is 59.8 Å². The van der Waals surface area contributed by atoms with Gasteiger partial charge in [0.05, 0.1) is 25.5 Å². The monoisotopic (exact) mass is 588 g/mol. The highest BCUT2D eigenvalue weighted by atomic mass is 16.5. The molecule has 0 radical (unpaired) electrons. The highest BCUT2D eigenvalue weighted by Crippen LogP contribution is 2.30. The van der Waals surface area contributed by atoms with Gasteiger partial charge < -0.3 is 29.5 Å². The number of likely N-dealkylation sites (N-methyl/N-ethyl adjacent to an activating group) is 1. The Morgan fingerprint density at radius 2 is 1.91 bits per heavy atom. The first-order valence-electron chi connectivity index (χ1n) is 15.9. The lowest BCUT2D eigenvalue weighted by molar-refractivity contribution is -0.134. The van der Waals surface area contributed by atoms with Crippen LogP contribution < -0.4 is 10.1 Å². The maximum absolute atomic E-state index is 13.6. The van der Waals surface area contributed by atoms with Gasteiger partial charge in [-0.1, -0.05) is 44.4 Å². The van der Waals surface area contributed by atoms with Crippen LogP contribution in [0.5, 0.6) is 5.75 Å². The number of nitrogens with zero attached hydrogens (tertiary/aromatic N) is 3. The number of carbonyl (C=O) groups excluding carboxylic acids is 2. The summed E-state index contributed by atoms with van der Waals surface area (Å²) in [5, 5.41) is 14.1. The van der Waals surface area contributed by atoms with E-state index in [4.69, 9.17) is 4.74 Å². The molecule has 1 fully saturated rings. The average Bonchev–Trinajstić information content (AvgIpc) is 3.32. The van der Waals surface area contributed by atoms with Crippen LogP contribution in [0.1, 0.15) is 57.1 Å². The number of aromatic nitrogens is 1. The third-order valence-electron chi connectivity index (χ3n) is 9.32. The van der Waals surface area contributed by atoms with Crippen molar-refractivity contribution in [2.75, 3.05) is 38.6 Å². The fourth-order valence-corrected chi connectivity index (χ4v) is 6.86. The van der Waals surface area contributed by atoms with Crippen molar-refractivity contribution in [1.29, 1.82) is 0 Å². The number of fused-ring (bicyclic) bond motifs is 2. The minimum absolute atomic E-state index is 0.0475. The molecule has 0 bridgehead atoms. The summed E-state index contributed by atoms with van der Waals surface area (Å²) >= 11 is 0. The molecule has 232 valence electrons. The topological polar surface area (TPSA) is 87.0 Å². The fraction of sp³-hybridized carbons (Fsp3) is 0.543. The van der Waals surface area contributed by atoms with E-state index in [1.54, 1.807) is 4.90 Å². The van der Waals surface area contributed by atoms with Crippen LogP contribution in [0.2, 0.25) is 0 Å². The second-order valence-corrected chi connectivity index (χ2v) is 12.9. The number of hydrogen-bond acceptors (Lipinski definition) is 5. The van der Waals surface area contributed by atoms with Crippen LogP contribution in [-0.2, 0) is 29.5 Å². The summed E-state index contributed by atoms with van der Waals surface area (Å²) < 4.78 is 8.75. The van der Waals surface area contributed by atoms with Gasteiger partial charge in [-0.05, 0) is 62.6 Å². The van der Waals surface area contributed by atoms with Crippen LogP contribution >= 0.6 is 0 Å². The normalized spacial score (nSPS) is 20.7. The Morgan fingerprint density at radius 1 is 1.14 bits per heavy atom. The molecule has 2 N–H and O–H groups in total. The molecule has 2 heterocycles. The summed E-state index contributed by atoms with van der Waals surface area (Å²) in [4.78, 5) is 30.9. The van der Waals surface area contributed by atoms with Crippen molar-refractivity contribution in [2.45, 2.75) is 70.9 Å². The van der Waals surface area contributed by atoms with Gasteiger partial charge in [0.15, 0.2) is 0 Å². The molecule has 0 spiro atoms. The number of nitrogens with one attached hydrogen (secondary N) is 1. The number of hydrogen-bond donors (Lipinski definition) is 2. The summed E-state index contributed by atoms with van der Waals surface area (Å²) in [6.45, 7) is 6.26. The maximum atomic E-state index is 13.6. The van der Waals surface area contributed by atoms with E-state index in [1.165, 1.54) is 32.1 Å². The first-order chi connectivity index (χ1) is 20.7. The number of carbonyl (C=O) groups is 2. The first-order valence-corrected chi connectivity index (χ1v) is 15.9. The molecular formula is C35H48N4O4. The van der Waals surface area contributed by atoms with Gasteiger partial charge in [-0.2, -0.15) is 0 Å². The summed E-state index contributed by atoms with van der Waals surface area (Å²) in [6.07, 6.45) is 8.84. The van der Waals surface area contributed by atoms with Crippen LogP contribution in [0.25, 0.3) is 10.9 Å². The Morgan fingerprint density at radius 3 is 2.67 bits per heavy atom. The number of aryl methyl sites for hydroxylation is 1. The lowest BCUT2D eigenvalue weighted by atomic mass is 9.89.